The number of benzene rings is 3. The molecule has 0 fully saturated rings. The SMILES string of the molecule is CC(SCC(=O)Nc1ccc(OCc2ccccc2)cc1)c1nc2ccccc2[nH]1. The van der Waals surface area contributed by atoms with E-state index in [1.807, 2.05) is 78.9 Å². The third-order valence-electron chi connectivity index (χ3n) is 4.64. The van der Waals surface area contributed by atoms with Crippen LogP contribution in [0.2, 0.25) is 0 Å². The zero-order chi connectivity index (χ0) is 20.8. The van der Waals surface area contributed by atoms with Gasteiger partial charge < -0.3 is 15.0 Å². The fourth-order valence-corrected chi connectivity index (χ4v) is 3.76. The normalized spacial score (nSPS) is 11.9. The number of hydrogen-bond acceptors (Lipinski definition) is 4. The highest BCUT2D eigenvalue weighted by molar-refractivity contribution is 8.00. The lowest BCUT2D eigenvalue weighted by atomic mass is 10.2. The predicted octanol–water partition coefficient (Wildman–Crippen LogP) is 5.57. The quantitative estimate of drug-likeness (QED) is 0.393. The average Bonchev–Trinajstić information content (AvgIpc) is 3.22. The van der Waals surface area contributed by atoms with Gasteiger partial charge in [-0.25, -0.2) is 4.98 Å². The predicted molar refractivity (Wildman–Crippen MR) is 123 cm³/mol. The van der Waals surface area contributed by atoms with Gasteiger partial charge in [0, 0.05) is 5.69 Å². The number of imidazole rings is 1. The second-order valence-corrected chi connectivity index (χ2v) is 8.27. The molecular formula is C24H23N3O2S. The third kappa shape index (κ3) is 5.21. The van der Waals surface area contributed by atoms with Crippen molar-refractivity contribution >= 4 is 34.4 Å². The first-order valence-electron chi connectivity index (χ1n) is 9.80. The Bertz CT molecular complexity index is 1080. The second-order valence-electron chi connectivity index (χ2n) is 6.94. The summed E-state index contributed by atoms with van der Waals surface area (Å²) >= 11 is 1.55. The minimum Gasteiger partial charge on any atom is -0.489 e. The summed E-state index contributed by atoms with van der Waals surface area (Å²) in [5, 5.41) is 3.02. The van der Waals surface area contributed by atoms with Gasteiger partial charge in [-0.15, -0.1) is 11.8 Å². The average molecular weight is 418 g/mol. The number of aromatic amines is 1. The largest absolute Gasteiger partial charge is 0.489 e. The number of para-hydroxylation sites is 2. The van der Waals surface area contributed by atoms with Crippen molar-refractivity contribution in [3.05, 3.63) is 90.3 Å². The van der Waals surface area contributed by atoms with E-state index in [1.165, 1.54) is 0 Å². The standard InChI is InChI=1S/C24H23N3O2S/c1-17(24-26-21-9-5-6-10-22(21)27-24)30-16-23(28)25-19-11-13-20(14-12-19)29-15-18-7-3-2-4-8-18/h2-14,17H,15-16H2,1H3,(H,25,28)(H,26,27). The molecule has 1 unspecified atom stereocenters. The first kappa shape index (κ1) is 20.0. The van der Waals surface area contributed by atoms with Gasteiger partial charge in [0.2, 0.25) is 5.91 Å². The highest BCUT2D eigenvalue weighted by Gasteiger charge is 2.13. The molecule has 0 aliphatic rings. The van der Waals surface area contributed by atoms with E-state index in [0.29, 0.717) is 12.4 Å². The summed E-state index contributed by atoms with van der Waals surface area (Å²) in [6.45, 7) is 2.57. The molecular weight excluding hydrogens is 394 g/mol. The minimum absolute atomic E-state index is 0.0408. The molecule has 30 heavy (non-hydrogen) atoms. The molecule has 1 heterocycles. The number of H-pyrrole nitrogens is 1. The molecule has 0 spiro atoms. The van der Waals surface area contributed by atoms with E-state index in [-0.39, 0.29) is 11.2 Å². The van der Waals surface area contributed by atoms with Gasteiger partial charge in [0.1, 0.15) is 18.2 Å². The molecule has 152 valence electrons. The summed E-state index contributed by atoms with van der Waals surface area (Å²) in [6.07, 6.45) is 0. The van der Waals surface area contributed by atoms with Crippen LogP contribution in [-0.4, -0.2) is 21.6 Å². The van der Waals surface area contributed by atoms with Crippen LogP contribution in [0.25, 0.3) is 11.0 Å². The number of thioether (sulfide) groups is 1. The molecule has 0 radical (unpaired) electrons. The van der Waals surface area contributed by atoms with Crippen molar-refractivity contribution in [1.82, 2.24) is 9.97 Å². The number of anilines is 1. The summed E-state index contributed by atoms with van der Waals surface area (Å²) in [6, 6.07) is 25.4. The van der Waals surface area contributed by atoms with Crippen LogP contribution in [0.3, 0.4) is 0 Å². The molecule has 4 rings (SSSR count). The number of carbonyl (C=O) groups is 1. The summed E-state index contributed by atoms with van der Waals surface area (Å²) < 4.78 is 5.78. The van der Waals surface area contributed by atoms with Crippen LogP contribution in [-0.2, 0) is 11.4 Å². The Hall–Kier alpha value is -3.25. The van der Waals surface area contributed by atoms with E-state index >= 15 is 0 Å². The first-order chi connectivity index (χ1) is 14.7. The molecule has 2 N–H and O–H groups in total. The van der Waals surface area contributed by atoms with E-state index < -0.39 is 0 Å². The number of aromatic nitrogens is 2. The lowest BCUT2D eigenvalue weighted by Crippen LogP contribution is -2.14. The Morgan fingerprint density at radius 3 is 2.53 bits per heavy atom. The van der Waals surface area contributed by atoms with Crippen molar-refractivity contribution in [2.45, 2.75) is 18.8 Å². The van der Waals surface area contributed by atoms with Gasteiger partial charge in [-0.1, -0.05) is 42.5 Å². The van der Waals surface area contributed by atoms with E-state index in [4.69, 9.17) is 4.74 Å². The Kier molecular flexibility index (Phi) is 6.35. The van der Waals surface area contributed by atoms with Crippen LogP contribution >= 0.6 is 11.8 Å². The Morgan fingerprint density at radius 1 is 1.03 bits per heavy atom. The maximum Gasteiger partial charge on any atom is 0.234 e. The van der Waals surface area contributed by atoms with Gasteiger partial charge >= 0.3 is 0 Å². The van der Waals surface area contributed by atoms with Crippen molar-refractivity contribution < 1.29 is 9.53 Å². The van der Waals surface area contributed by atoms with Crippen LogP contribution in [0.15, 0.2) is 78.9 Å². The van der Waals surface area contributed by atoms with Crippen molar-refractivity contribution in [3.63, 3.8) is 0 Å². The molecule has 0 saturated heterocycles. The molecule has 0 aliphatic carbocycles. The number of fused-ring (bicyclic) bond motifs is 1. The number of hydrogen-bond donors (Lipinski definition) is 2. The van der Waals surface area contributed by atoms with E-state index in [2.05, 4.69) is 22.2 Å². The monoisotopic (exact) mass is 417 g/mol. The fourth-order valence-electron chi connectivity index (χ4n) is 3.02. The number of ether oxygens (including phenoxy) is 1. The zero-order valence-electron chi connectivity index (χ0n) is 16.7. The summed E-state index contributed by atoms with van der Waals surface area (Å²) in [5.74, 6) is 1.96. The van der Waals surface area contributed by atoms with Gasteiger partial charge in [0.15, 0.2) is 0 Å². The highest BCUT2D eigenvalue weighted by Crippen LogP contribution is 2.28. The Labute approximate surface area is 179 Å². The number of nitrogens with zero attached hydrogens (tertiary/aromatic N) is 1. The van der Waals surface area contributed by atoms with Crippen LogP contribution in [0.5, 0.6) is 5.75 Å². The minimum atomic E-state index is -0.0408. The summed E-state index contributed by atoms with van der Waals surface area (Å²) in [5.41, 5.74) is 3.83. The van der Waals surface area contributed by atoms with Gasteiger partial charge in [0.05, 0.1) is 22.0 Å². The van der Waals surface area contributed by atoms with Crippen molar-refractivity contribution in [1.29, 1.82) is 0 Å². The number of amides is 1. The molecule has 0 bridgehead atoms. The first-order valence-corrected chi connectivity index (χ1v) is 10.8. The molecule has 1 atom stereocenters. The molecule has 3 aromatic carbocycles. The molecule has 0 saturated carbocycles. The van der Waals surface area contributed by atoms with E-state index in [9.17, 15) is 4.79 Å². The fraction of sp³-hybridized carbons (Fsp3) is 0.167. The molecule has 4 aromatic rings. The maximum atomic E-state index is 12.3. The Morgan fingerprint density at radius 2 is 1.77 bits per heavy atom. The molecule has 5 nitrogen and oxygen atoms in total. The molecule has 1 aromatic heterocycles. The van der Waals surface area contributed by atoms with E-state index in [1.54, 1.807) is 11.8 Å². The number of nitrogens with one attached hydrogen (secondary N) is 2. The third-order valence-corrected chi connectivity index (χ3v) is 5.80. The second kappa shape index (κ2) is 9.50. The van der Waals surface area contributed by atoms with Gasteiger partial charge in [-0.05, 0) is 48.9 Å². The lowest BCUT2D eigenvalue weighted by molar-refractivity contribution is -0.113. The van der Waals surface area contributed by atoms with Crippen molar-refractivity contribution in [2.24, 2.45) is 0 Å². The van der Waals surface area contributed by atoms with Gasteiger partial charge in [0.25, 0.3) is 0 Å². The molecule has 6 heteroatoms. The topological polar surface area (TPSA) is 67.0 Å². The maximum absolute atomic E-state index is 12.3. The Balaban J connectivity index is 1.25. The smallest absolute Gasteiger partial charge is 0.234 e. The van der Waals surface area contributed by atoms with Crippen LogP contribution < -0.4 is 10.1 Å². The summed E-state index contributed by atoms with van der Waals surface area (Å²) in [4.78, 5) is 20.2. The molecule has 1 amide bonds. The zero-order valence-corrected chi connectivity index (χ0v) is 17.5. The summed E-state index contributed by atoms with van der Waals surface area (Å²) in [7, 11) is 0. The van der Waals surface area contributed by atoms with Crippen molar-refractivity contribution in [3.8, 4) is 5.75 Å². The van der Waals surface area contributed by atoms with Gasteiger partial charge in [-0.2, -0.15) is 0 Å². The highest BCUT2D eigenvalue weighted by atomic mass is 32.2. The van der Waals surface area contributed by atoms with Crippen LogP contribution in [0, 0.1) is 0 Å². The van der Waals surface area contributed by atoms with Gasteiger partial charge in [-0.3, -0.25) is 4.79 Å². The van der Waals surface area contributed by atoms with Crippen molar-refractivity contribution in [2.75, 3.05) is 11.1 Å². The lowest BCUT2D eigenvalue weighted by Gasteiger charge is -2.10. The van der Waals surface area contributed by atoms with Crippen LogP contribution in [0.1, 0.15) is 23.6 Å². The number of rotatable bonds is 8. The molecule has 0 aliphatic heterocycles. The number of carbonyl (C=O) groups excluding carboxylic acids is 1. The van der Waals surface area contributed by atoms with Crippen LogP contribution in [0.4, 0.5) is 5.69 Å². The van der Waals surface area contributed by atoms with E-state index in [0.717, 1.165) is 33.9 Å².